The number of alkyl carbamates (subject to hydrolysis) is 1. The normalized spacial score (nSPS) is 14.1. The predicted octanol–water partition coefficient (Wildman–Crippen LogP) is 2.81. The van der Waals surface area contributed by atoms with Crippen LogP contribution in [-0.4, -0.2) is 28.6 Å². The van der Waals surface area contributed by atoms with Gasteiger partial charge in [0.1, 0.15) is 17.6 Å². The number of carbonyl (C=O) groups excluding carboxylic acids is 2. The van der Waals surface area contributed by atoms with Gasteiger partial charge in [0.25, 0.3) is 0 Å². The van der Waals surface area contributed by atoms with Crippen LogP contribution in [0.4, 0.5) is 4.79 Å². The molecule has 0 aromatic heterocycles. The zero-order valence-corrected chi connectivity index (χ0v) is 13.0. The summed E-state index contributed by atoms with van der Waals surface area (Å²) in [4.78, 5) is 23.1. The summed E-state index contributed by atoms with van der Waals surface area (Å²) in [5.41, 5.74) is -0.924. The van der Waals surface area contributed by atoms with Gasteiger partial charge in [0.05, 0.1) is 5.54 Å². The summed E-state index contributed by atoms with van der Waals surface area (Å²) in [6, 6.07) is 6.92. The maximum Gasteiger partial charge on any atom is 0.408 e. The Hall–Kier alpha value is -2.04. The Morgan fingerprint density at radius 1 is 1.29 bits per heavy atom. The summed E-state index contributed by atoms with van der Waals surface area (Å²) in [5.74, 6) is 0.183. The Bertz CT molecular complexity index is 507. The van der Waals surface area contributed by atoms with E-state index < -0.39 is 17.2 Å². The van der Waals surface area contributed by atoms with Crippen molar-refractivity contribution in [2.45, 2.75) is 51.7 Å². The molecular formula is C16H23NO4. The van der Waals surface area contributed by atoms with E-state index in [0.717, 1.165) is 5.56 Å². The summed E-state index contributed by atoms with van der Waals surface area (Å²) in [7, 11) is 0. The Balaban J connectivity index is 2.66. The van der Waals surface area contributed by atoms with Crippen molar-refractivity contribution >= 4 is 12.4 Å². The van der Waals surface area contributed by atoms with Gasteiger partial charge in [-0.3, -0.25) is 0 Å². The van der Waals surface area contributed by atoms with Gasteiger partial charge in [-0.05, 0) is 52.2 Å². The number of aryl methyl sites for hydroxylation is 1. The summed E-state index contributed by atoms with van der Waals surface area (Å²) in [6.45, 7) is 6.90. The van der Waals surface area contributed by atoms with Crippen LogP contribution in [0.15, 0.2) is 24.3 Å². The van der Waals surface area contributed by atoms with Crippen LogP contribution in [0.25, 0.3) is 0 Å². The number of benzene rings is 1. The molecule has 0 saturated heterocycles. The van der Waals surface area contributed by atoms with Crippen molar-refractivity contribution < 1.29 is 19.4 Å². The lowest BCUT2D eigenvalue weighted by Crippen LogP contribution is -2.49. The number of hydrogen-bond acceptors (Lipinski definition) is 4. The average Bonchev–Trinajstić information content (AvgIpc) is 2.35. The van der Waals surface area contributed by atoms with E-state index in [2.05, 4.69) is 5.32 Å². The fourth-order valence-corrected chi connectivity index (χ4v) is 1.80. The number of hydrogen-bond donors (Lipinski definition) is 2. The van der Waals surface area contributed by atoms with Crippen molar-refractivity contribution in [3.8, 4) is 5.75 Å². The van der Waals surface area contributed by atoms with Gasteiger partial charge in [-0.1, -0.05) is 18.2 Å². The molecule has 116 valence electrons. The standard InChI is InChI=1S/C16H23NO4/c1-15(2,3)21-14(20)17-16(4,11-18)10-9-12-7-5-6-8-13(12)19/h5-8,11,19H,9-10H2,1-4H3,(H,17,20). The third-order valence-corrected chi connectivity index (χ3v) is 2.95. The number of para-hydroxylation sites is 1. The van der Waals surface area contributed by atoms with Gasteiger partial charge in [0.2, 0.25) is 0 Å². The van der Waals surface area contributed by atoms with Crippen molar-refractivity contribution in [1.82, 2.24) is 5.32 Å². The topological polar surface area (TPSA) is 75.6 Å². The number of aromatic hydroxyl groups is 1. The number of nitrogens with one attached hydrogen (secondary N) is 1. The van der Waals surface area contributed by atoms with Crippen molar-refractivity contribution in [3.05, 3.63) is 29.8 Å². The Morgan fingerprint density at radius 2 is 1.90 bits per heavy atom. The highest BCUT2D eigenvalue weighted by molar-refractivity contribution is 5.76. The number of rotatable bonds is 5. The van der Waals surface area contributed by atoms with Crippen molar-refractivity contribution in [3.63, 3.8) is 0 Å². The number of phenolic OH excluding ortho intramolecular Hbond substituents is 1. The van der Waals surface area contributed by atoms with Crippen LogP contribution < -0.4 is 5.32 Å². The first kappa shape index (κ1) is 17.0. The molecule has 2 N–H and O–H groups in total. The maximum absolute atomic E-state index is 11.8. The van der Waals surface area contributed by atoms with Crippen molar-refractivity contribution in [2.24, 2.45) is 0 Å². The van der Waals surface area contributed by atoms with E-state index in [0.29, 0.717) is 19.1 Å². The maximum atomic E-state index is 11.8. The SMILES string of the molecule is CC(C=O)(CCc1ccccc1O)NC(=O)OC(C)(C)C. The fourth-order valence-electron chi connectivity index (χ4n) is 1.80. The van der Waals surface area contributed by atoms with E-state index in [4.69, 9.17) is 4.74 Å². The molecule has 0 radical (unpaired) electrons. The number of carbonyl (C=O) groups is 2. The molecule has 0 fully saturated rings. The molecule has 1 amide bonds. The number of ether oxygens (including phenoxy) is 1. The quantitative estimate of drug-likeness (QED) is 0.819. The first-order chi connectivity index (χ1) is 9.65. The smallest absolute Gasteiger partial charge is 0.408 e. The molecule has 1 atom stereocenters. The van der Waals surface area contributed by atoms with E-state index >= 15 is 0 Å². The molecule has 0 saturated carbocycles. The molecule has 5 nitrogen and oxygen atoms in total. The molecule has 0 aliphatic heterocycles. The zero-order chi connectivity index (χ0) is 16.1. The number of amides is 1. The molecule has 5 heteroatoms. The van der Waals surface area contributed by atoms with Gasteiger partial charge < -0.3 is 20.0 Å². The van der Waals surface area contributed by atoms with E-state index in [9.17, 15) is 14.7 Å². The third-order valence-electron chi connectivity index (χ3n) is 2.95. The van der Waals surface area contributed by atoms with Crippen LogP contribution in [0.5, 0.6) is 5.75 Å². The average molecular weight is 293 g/mol. The summed E-state index contributed by atoms with van der Waals surface area (Å²) >= 11 is 0. The van der Waals surface area contributed by atoms with Gasteiger partial charge in [-0.2, -0.15) is 0 Å². The largest absolute Gasteiger partial charge is 0.508 e. The molecule has 1 aromatic rings. The fraction of sp³-hybridized carbons (Fsp3) is 0.500. The minimum atomic E-state index is -1.04. The van der Waals surface area contributed by atoms with Gasteiger partial charge in [-0.25, -0.2) is 4.79 Å². The highest BCUT2D eigenvalue weighted by Gasteiger charge is 2.28. The molecule has 1 aromatic carbocycles. The first-order valence-electron chi connectivity index (χ1n) is 6.89. The first-order valence-corrected chi connectivity index (χ1v) is 6.89. The van der Waals surface area contributed by atoms with E-state index in [1.807, 2.05) is 6.07 Å². The van der Waals surface area contributed by atoms with Crippen LogP contribution in [-0.2, 0) is 16.0 Å². The van der Waals surface area contributed by atoms with Crippen LogP contribution in [0, 0.1) is 0 Å². The van der Waals surface area contributed by atoms with Gasteiger partial charge in [0.15, 0.2) is 0 Å². The van der Waals surface area contributed by atoms with E-state index in [1.54, 1.807) is 45.9 Å². The molecular weight excluding hydrogens is 270 g/mol. The van der Waals surface area contributed by atoms with Crippen molar-refractivity contribution in [2.75, 3.05) is 0 Å². The van der Waals surface area contributed by atoms with Crippen molar-refractivity contribution in [1.29, 1.82) is 0 Å². The number of aldehydes is 1. The zero-order valence-electron chi connectivity index (χ0n) is 13.0. The van der Waals surface area contributed by atoms with Gasteiger partial charge in [0, 0.05) is 0 Å². The second kappa shape index (κ2) is 6.61. The molecule has 0 heterocycles. The molecule has 21 heavy (non-hydrogen) atoms. The van der Waals surface area contributed by atoms with Gasteiger partial charge >= 0.3 is 6.09 Å². The van der Waals surface area contributed by atoms with Crippen LogP contribution in [0.2, 0.25) is 0 Å². The minimum absolute atomic E-state index is 0.183. The Labute approximate surface area is 125 Å². The third kappa shape index (κ3) is 5.85. The lowest BCUT2D eigenvalue weighted by molar-refractivity contribution is -0.113. The number of phenols is 1. The predicted molar refractivity (Wildman–Crippen MR) is 80.3 cm³/mol. The highest BCUT2D eigenvalue weighted by Crippen LogP contribution is 2.20. The van der Waals surface area contributed by atoms with Crippen LogP contribution >= 0.6 is 0 Å². The van der Waals surface area contributed by atoms with Gasteiger partial charge in [-0.15, -0.1) is 0 Å². The van der Waals surface area contributed by atoms with E-state index in [-0.39, 0.29) is 5.75 Å². The molecule has 1 rings (SSSR count). The summed E-state index contributed by atoms with van der Waals surface area (Å²) < 4.78 is 5.15. The summed E-state index contributed by atoms with van der Waals surface area (Å²) in [6.07, 6.45) is 0.899. The Kier molecular flexibility index (Phi) is 5.35. The highest BCUT2D eigenvalue weighted by atomic mass is 16.6. The molecule has 0 spiro atoms. The van der Waals surface area contributed by atoms with Crippen LogP contribution in [0.1, 0.15) is 39.7 Å². The molecule has 1 unspecified atom stereocenters. The summed E-state index contributed by atoms with van der Waals surface area (Å²) in [5, 5.41) is 12.3. The van der Waals surface area contributed by atoms with Crippen LogP contribution in [0.3, 0.4) is 0 Å². The molecule has 0 aliphatic carbocycles. The van der Waals surface area contributed by atoms with E-state index in [1.165, 1.54) is 0 Å². The lowest BCUT2D eigenvalue weighted by atomic mass is 9.94. The minimum Gasteiger partial charge on any atom is -0.508 e. The lowest BCUT2D eigenvalue weighted by Gasteiger charge is -2.27. The second-order valence-corrected chi connectivity index (χ2v) is 6.29. The molecule has 0 aliphatic rings. The monoisotopic (exact) mass is 293 g/mol. The Morgan fingerprint density at radius 3 is 2.43 bits per heavy atom. The second-order valence-electron chi connectivity index (χ2n) is 6.29. The molecule has 0 bridgehead atoms.